The Morgan fingerprint density at radius 2 is 1.60 bits per heavy atom. The molecule has 0 saturated carbocycles. The number of anilines is 1. The minimum Gasteiger partial charge on any atom is -0.480 e. The summed E-state index contributed by atoms with van der Waals surface area (Å²) in [6, 6.07) is 21.2. The molecule has 3 aromatic rings. The van der Waals surface area contributed by atoms with Gasteiger partial charge in [0.1, 0.15) is 13.2 Å². The highest BCUT2D eigenvalue weighted by atomic mass is 16.5. The van der Waals surface area contributed by atoms with E-state index in [0.29, 0.717) is 13.0 Å². The third-order valence-corrected chi connectivity index (χ3v) is 6.09. The van der Waals surface area contributed by atoms with Crippen LogP contribution >= 0.6 is 0 Å². The standard InChI is InChI=1S/C28H28N2O5/c1-3-14-30(16-26(31)32)27(33)23-15-18(2)12-13-25(23)29-28(34)35-17-24-21-10-6-4-8-19(21)20-9-5-7-11-22(20)24/h4-13,15,24H,3,14,16-17H2,1-2H3,(H,29,34)(H,31,32). The van der Waals surface area contributed by atoms with Gasteiger partial charge < -0.3 is 14.7 Å². The normalized spacial score (nSPS) is 11.9. The van der Waals surface area contributed by atoms with Crippen molar-refractivity contribution in [2.24, 2.45) is 0 Å². The Kier molecular flexibility index (Phi) is 7.15. The fraction of sp³-hybridized carbons (Fsp3) is 0.250. The van der Waals surface area contributed by atoms with Crippen molar-refractivity contribution < 1.29 is 24.2 Å². The molecular weight excluding hydrogens is 444 g/mol. The molecule has 0 bridgehead atoms. The molecule has 0 saturated heterocycles. The third-order valence-electron chi connectivity index (χ3n) is 6.09. The van der Waals surface area contributed by atoms with Crippen LogP contribution in [-0.2, 0) is 9.53 Å². The maximum absolute atomic E-state index is 13.1. The zero-order valence-corrected chi connectivity index (χ0v) is 19.8. The molecule has 0 aliphatic heterocycles. The van der Waals surface area contributed by atoms with Crippen LogP contribution in [0.4, 0.5) is 10.5 Å². The minimum absolute atomic E-state index is 0.0807. The van der Waals surface area contributed by atoms with E-state index in [-0.39, 0.29) is 23.8 Å². The second-order valence-electron chi connectivity index (χ2n) is 8.62. The molecule has 4 rings (SSSR count). The van der Waals surface area contributed by atoms with E-state index in [9.17, 15) is 19.5 Å². The maximum atomic E-state index is 13.1. The zero-order chi connectivity index (χ0) is 24.9. The van der Waals surface area contributed by atoms with Crippen LogP contribution in [0.1, 0.15) is 46.3 Å². The van der Waals surface area contributed by atoms with Crippen LogP contribution in [0, 0.1) is 6.92 Å². The van der Waals surface area contributed by atoms with Crippen LogP contribution < -0.4 is 5.32 Å². The number of benzene rings is 3. The van der Waals surface area contributed by atoms with Crippen LogP contribution in [0.2, 0.25) is 0 Å². The molecule has 1 aliphatic carbocycles. The highest BCUT2D eigenvalue weighted by Crippen LogP contribution is 2.44. The monoisotopic (exact) mass is 472 g/mol. The van der Waals surface area contributed by atoms with E-state index in [4.69, 9.17) is 4.74 Å². The molecule has 0 atom stereocenters. The fourth-order valence-corrected chi connectivity index (χ4v) is 4.54. The Bertz CT molecular complexity index is 1220. The van der Waals surface area contributed by atoms with Gasteiger partial charge in [0, 0.05) is 12.5 Å². The Morgan fingerprint density at radius 1 is 0.971 bits per heavy atom. The summed E-state index contributed by atoms with van der Waals surface area (Å²) in [7, 11) is 0. The lowest BCUT2D eigenvalue weighted by Gasteiger charge is -2.22. The average Bonchev–Trinajstić information content (AvgIpc) is 3.16. The van der Waals surface area contributed by atoms with Crippen molar-refractivity contribution >= 4 is 23.7 Å². The quantitative estimate of drug-likeness (QED) is 0.464. The molecular formula is C28H28N2O5. The van der Waals surface area contributed by atoms with Crippen molar-refractivity contribution in [1.29, 1.82) is 0 Å². The number of nitrogens with zero attached hydrogens (tertiary/aromatic N) is 1. The number of hydrogen-bond acceptors (Lipinski definition) is 4. The molecule has 0 unspecified atom stereocenters. The Balaban J connectivity index is 1.50. The molecule has 1 aliphatic rings. The first kappa shape index (κ1) is 24.0. The highest BCUT2D eigenvalue weighted by Gasteiger charge is 2.29. The van der Waals surface area contributed by atoms with Gasteiger partial charge >= 0.3 is 12.1 Å². The van der Waals surface area contributed by atoms with Crippen LogP contribution in [0.5, 0.6) is 0 Å². The van der Waals surface area contributed by atoms with Gasteiger partial charge in [-0.15, -0.1) is 0 Å². The van der Waals surface area contributed by atoms with Crippen molar-refractivity contribution in [3.8, 4) is 11.1 Å². The summed E-state index contributed by atoms with van der Waals surface area (Å²) in [6.45, 7) is 3.73. The molecule has 7 nitrogen and oxygen atoms in total. The summed E-state index contributed by atoms with van der Waals surface area (Å²) in [4.78, 5) is 38.4. The van der Waals surface area contributed by atoms with Crippen molar-refractivity contribution in [3.05, 3.63) is 89.0 Å². The first-order valence-electron chi connectivity index (χ1n) is 11.6. The lowest BCUT2D eigenvalue weighted by molar-refractivity contribution is -0.137. The number of rotatable bonds is 8. The smallest absolute Gasteiger partial charge is 0.411 e. The summed E-state index contributed by atoms with van der Waals surface area (Å²) in [6.07, 6.45) is -0.0648. The van der Waals surface area contributed by atoms with E-state index in [2.05, 4.69) is 17.4 Å². The van der Waals surface area contributed by atoms with Gasteiger partial charge in [-0.3, -0.25) is 14.9 Å². The number of aryl methyl sites for hydroxylation is 1. The maximum Gasteiger partial charge on any atom is 0.411 e. The van der Waals surface area contributed by atoms with Crippen molar-refractivity contribution in [2.75, 3.05) is 25.0 Å². The largest absolute Gasteiger partial charge is 0.480 e. The summed E-state index contributed by atoms with van der Waals surface area (Å²) < 4.78 is 5.61. The molecule has 2 amide bonds. The SMILES string of the molecule is CCCN(CC(=O)O)C(=O)c1cc(C)ccc1NC(=O)OCC1c2ccccc2-c2ccccc21. The fourth-order valence-electron chi connectivity index (χ4n) is 4.54. The number of fused-ring (bicyclic) bond motifs is 3. The molecule has 0 fully saturated rings. The van der Waals surface area contributed by atoms with E-state index in [0.717, 1.165) is 27.8 Å². The number of hydrogen-bond donors (Lipinski definition) is 2. The summed E-state index contributed by atoms with van der Waals surface area (Å²) in [5, 5.41) is 11.9. The van der Waals surface area contributed by atoms with E-state index in [1.54, 1.807) is 18.2 Å². The van der Waals surface area contributed by atoms with Crippen LogP contribution in [0.3, 0.4) is 0 Å². The van der Waals surface area contributed by atoms with Crippen LogP contribution in [0.25, 0.3) is 11.1 Å². The van der Waals surface area contributed by atoms with Crippen LogP contribution in [-0.4, -0.2) is 47.7 Å². The molecule has 35 heavy (non-hydrogen) atoms. The van der Waals surface area contributed by atoms with Gasteiger partial charge in [-0.2, -0.15) is 0 Å². The van der Waals surface area contributed by atoms with Gasteiger partial charge in [0.25, 0.3) is 5.91 Å². The van der Waals surface area contributed by atoms with Gasteiger partial charge in [-0.1, -0.05) is 67.1 Å². The minimum atomic E-state index is -1.09. The second-order valence-corrected chi connectivity index (χ2v) is 8.62. The molecule has 0 radical (unpaired) electrons. The number of carboxylic acids is 1. The molecule has 7 heteroatoms. The molecule has 0 spiro atoms. The van der Waals surface area contributed by atoms with Gasteiger partial charge in [-0.05, 0) is 47.7 Å². The van der Waals surface area contributed by atoms with E-state index < -0.39 is 24.5 Å². The van der Waals surface area contributed by atoms with E-state index >= 15 is 0 Å². The molecule has 0 heterocycles. The number of aliphatic carboxylic acids is 1. The number of carbonyl (C=O) groups is 3. The summed E-state index contributed by atoms with van der Waals surface area (Å²) in [5.41, 5.74) is 5.82. The predicted octanol–water partition coefficient (Wildman–Crippen LogP) is 5.29. The molecule has 2 N–H and O–H groups in total. The third kappa shape index (κ3) is 5.19. The summed E-state index contributed by atoms with van der Waals surface area (Å²) >= 11 is 0. The highest BCUT2D eigenvalue weighted by molar-refractivity contribution is 6.03. The van der Waals surface area contributed by atoms with Crippen molar-refractivity contribution in [2.45, 2.75) is 26.2 Å². The Morgan fingerprint density at radius 3 is 2.20 bits per heavy atom. The van der Waals surface area contributed by atoms with Crippen molar-refractivity contribution in [1.82, 2.24) is 4.90 Å². The lowest BCUT2D eigenvalue weighted by Crippen LogP contribution is -2.36. The topological polar surface area (TPSA) is 95.9 Å². The summed E-state index contributed by atoms with van der Waals surface area (Å²) in [5.74, 6) is -1.62. The van der Waals surface area contributed by atoms with Crippen molar-refractivity contribution in [3.63, 3.8) is 0 Å². The number of ether oxygens (including phenoxy) is 1. The van der Waals surface area contributed by atoms with Gasteiger partial charge in [-0.25, -0.2) is 4.79 Å². The van der Waals surface area contributed by atoms with Crippen LogP contribution in [0.15, 0.2) is 66.7 Å². The molecule has 0 aromatic heterocycles. The molecule has 3 aromatic carbocycles. The van der Waals surface area contributed by atoms with Gasteiger partial charge in [0.05, 0.1) is 11.3 Å². The molecule has 180 valence electrons. The first-order valence-corrected chi connectivity index (χ1v) is 11.6. The van der Waals surface area contributed by atoms with E-state index in [1.807, 2.05) is 50.2 Å². The Labute approximate surface area is 204 Å². The zero-order valence-electron chi connectivity index (χ0n) is 19.8. The predicted molar refractivity (Wildman–Crippen MR) is 134 cm³/mol. The Hall–Kier alpha value is -4.13. The number of carbonyl (C=O) groups excluding carboxylic acids is 2. The first-order chi connectivity index (χ1) is 16.9. The number of carboxylic acid groups (broad SMARTS) is 1. The van der Waals surface area contributed by atoms with E-state index in [1.165, 1.54) is 4.90 Å². The second kappa shape index (κ2) is 10.4. The number of amides is 2. The lowest BCUT2D eigenvalue weighted by atomic mass is 9.98. The van der Waals surface area contributed by atoms with Gasteiger partial charge in [0.2, 0.25) is 0 Å². The average molecular weight is 473 g/mol. The number of nitrogens with one attached hydrogen (secondary N) is 1. The van der Waals surface area contributed by atoms with Gasteiger partial charge in [0.15, 0.2) is 0 Å².